The molecule has 1 aromatic carbocycles. The van der Waals surface area contributed by atoms with Gasteiger partial charge in [-0.3, -0.25) is 4.79 Å². The number of hydrogen-bond acceptors (Lipinski definition) is 3. The van der Waals surface area contributed by atoms with Crippen molar-refractivity contribution in [3.05, 3.63) is 35.9 Å². The number of carbonyl (C=O) groups is 1. The molecule has 2 rings (SSSR count). The molecule has 0 unspecified atom stereocenters. The van der Waals surface area contributed by atoms with Crippen LogP contribution in [0.5, 0.6) is 0 Å². The van der Waals surface area contributed by atoms with Crippen molar-refractivity contribution in [3.8, 4) is 0 Å². The van der Waals surface area contributed by atoms with Crippen LogP contribution >= 0.6 is 0 Å². The van der Waals surface area contributed by atoms with E-state index in [0.29, 0.717) is 13.2 Å². The predicted molar refractivity (Wildman–Crippen MR) is 88.3 cm³/mol. The SMILES string of the molecule is NC1(C(=O)NCCCCOCc2ccccc2)CCCCC1. The summed E-state index contributed by atoms with van der Waals surface area (Å²) < 4.78 is 5.63. The van der Waals surface area contributed by atoms with Gasteiger partial charge in [-0.05, 0) is 31.2 Å². The molecule has 1 aromatic rings. The Labute approximate surface area is 133 Å². The van der Waals surface area contributed by atoms with E-state index in [1.807, 2.05) is 18.2 Å². The van der Waals surface area contributed by atoms with E-state index >= 15 is 0 Å². The molecule has 0 aromatic heterocycles. The van der Waals surface area contributed by atoms with Gasteiger partial charge in [0.15, 0.2) is 0 Å². The second-order valence-electron chi connectivity index (χ2n) is 6.22. The molecule has 4 heteroatoms. The van der Waals surface area contributed by atoms with E-state index in [0.717, 1.165) is 45.1 Å². The van der Waals surface area contributed by atoms with Crippen molar-refractivity contribution >= 4 is 5.91 Å². The average Bonchev–Trinajstić information content (AvgIpc) is 2.55. The van der Waals surface area contributed by atoms with Crippen molar-refractivity contribution in [1.29, 1.82) is 0 Å². The summed E-state index contributed by atoms with van der Waals surface area (Å²) in [7, 11) is 0. The number of hydrogen-bond donors (Lipinski definition) is 2. The number of ether oxygens (including phenoxy) is 1. The molecule has 0 bridgehead atoms. The maximum Gasteiger partial charge on any atom is 0.240 e. The van der Waals surface area contributed by atoms with E-state index in [4.69, 9.17) is 10.5 Å². The third-order valence-corrected chi connectivity index (χ3v) is 4.31. The zero-order chi connectivity index (χ0) is 15.7. The van der Waals surface area contributed by atoms with Gasteiger partial charge in [0, 0.05) is 13.2 Å². The standard InChI is InChI=1S/C18H28N2O2/c19-18(11-5-2-6-12-18)17(21)20-13-7-8-14-22-15-16-9-3-1-4-10-16/h1,3-4,9-10H,2,5-8,11-15,19H2,(H,20,21). The van der Waals surface area contributed by atoms with Gasteiger partial charge in [0.1, 0.15) is 0 Å². The molecule has 1 fully saturated rings. The van der Waals surface area contributed by atoms with Crippen molar-refractivity contribution in [2.45, 2.75) is 57.1 Å². The molecule has 1 aliphatic carbocycles. The fraction of sp³-hybridized carbons (Fsp3) is 0.611. The van der Waals surface area contributed by atoms with Gasteiger partial charge in [-0.1, -0.05) is 49.6 Å². The Morgan fingerprint density at radius 2 is 1.86 bits per heavy atom. The van der Waals surface area contributed by atoms with Crippen LogP contribution in [0, 0.1) is 0 Å². The lowest BCUT2D eigenvalue weighted by atomic mass is 9.82. The number of rotatable bonds is 8. The number of carbonyl (C=O) groups excluding carboxylic acids is 1. The summed E-state index contributed by atoms with van der Waals surface area (Å²) in [5.74, 6) is 0.0254. The maximum absolute atomic E-state index is 12.1. The molecule has 22 heavy (non-hydrogen) atoms. The van der Waals surface area contributed by atoms with E-state index in [1.54, 1.807) is 0 Å². The largest absolute Gasteiger partial charge is 0.377 e. The van der Waals surface area contributed by atoms with Crippen molar-refractivity contribution in [3.63, 3.8) is 0 Å². The summed E-state index contributed by atoms with van der Waals surface area (Å²) in [5, 5.41) is 2.98. The van der Waals surface area contributed by atoms with Crippen molar-refractivity contribution in [2.75, 3.05) is 13.2 Å². The fourth-order valence-corrected chi connectivity index (χ4v) is 2.88. The third-order valence-electron chi connectivity index (χ3n) is 4.31. The molecule has 0 heterocycles. The first-order valence-electron chi connectivity index (χ1n) is 8.40. The summed E-state index contributed by atoms with van der Waals surface area (Å²) in [4.78, 5) is 12.1. The summed E-state index contributed by atoms with van der Waals surface area (Å²) in [6.45, 7) is 2.06. The number of unbranched alkanes of at least 4 members (excludes halogenated alkanes) is 1. The van der Waals surface area contributed by atoms with Gasteiger partial charge in [0.2, 0.25) is 5.91 Å². The van der Waals surface area contributed by atoms with Crippen molar-refractivity contribution < 1.29 is 9.53 Å². The molecule has 0 saturated heterocycles. The van der Waals surface area contributed by atoms with E-state index < -0.39 is 5.54 Å². The topological polar surface area (TPSA) is 64.4 Å². The number of benzene rings is 1. The van der Waals surface area contributed by atoms with Gasteiger partial charge in [0.05, 0.1) is 12.1 Å². The molecule has 0 radical (unpaired) electrons. The van der Waals surface area contributed by atoms with Crippen LogP contribution in [0.3, 0.4) is 0 Å². The lowest BCUT2D eigenvalue weighted by molar-refractivity contribution is -0.127. The quantitative estimate of drug-likeness (QED) is 0.726. The van der Waals surface area contributed by atoms with E-state index in [9.17, 15) is 4.79 Å². The smallest absolute Gasteiger partial charge is 0.240 e. The minimum absolute atomic E-state index is 0.0254. The zero-order valence-electron chi connectivity index (χ0n) is 13.4. The Kier molecular flexibility index (Phi) is 6.87. The second-order valence-corrected chi connectivity index (χ2v) is 6.22. The molecule has 4 nitrogen and oxygen atoms in total. The lowest BCUT2D eigenvalue weighted by Crippen LogP contribution is -2.55. The van der Waals surface area contributed by atoms with Crippen LogP contribution in [0.1, 0.15) is 50.5 Å². The highest BCUT2D eigenvalue weighted by Crippen LogP contribution is 2.25. The molecule has 0 atom stereocenters. The predicted octanol–water partition coefficient (Wildman–Crippen LogP) is 2.76. The Morgan fingerprint density at radius 1 is 1.14 bits per heavy atom. The van der Waals surface area contributed by atoms with Crippen LogP contribution in [0.4, 0.5) is 0 Å². The van der Waals surface area contributed by atoms with E-state index in [-0.39, 0.29) is 5.91 Å². The molecule has 0 aliphatic heterocycles. The van der Waals surface area contributed by atoms with Crippen molar-refractivity contribution in [1.82, 2.24) is 5.32 Å². The summed E-state index contributed by atoms with van der Waals surface area (Å²) >= 11 is 0. The molecule has 0 spiro atoms. The molecule has 122 valence electrons. The zero-order valence-corrected chi connectivity index (χ0v) is 13.4. The summed E-state index contributed by atoms with van der Waals surface area (Å²) in [5.41, 5.74) is 6.76. The minimum atomic E-state index is -0.623. The monoisotopic (exact) mass is 304 g/mol. The van der Waals surface area contributed by atoms with Gasteiger partial charge < -0.3 is 15.8 Å². The third kappa shape index (κ3) is 5.43. The van der Waals surface area contributed by atoms with Crippen LogP contribution in [0.15, 0.2) is 30.3 Å². The van der Waals surface area contributed by atoms with Crippen LogP contribution in [0.25, 0.3) is 0 Å². The van der Waals surface area contributed by atoms with Gasteiger partial charge in [-0.15, -0.1) is 0 Å². The second kappa shape index (κ2) is 8.91. The molecule has 1 amide bonds. The molecule has 1 aliphatic rings. The van der Waals surface area contributed by atoms with Gasteiger partial charge in [-0.25, -0.2) is 0 Å². The first-order chi connectivity index (χ1) is 10.7. The average molecular weight is 304 g/mol. The Hall–Kier alpha value is -1.39. The molecule has 1 saturated carbocycles. The summed E-state index contributed by atoms with van der Waals surface area (Å²) in [6, 6.07) is 10.2. The number of amides is 1. The van der Waals surface area contributed by atoms with Crippen LogP contribution in [-0.4, -0.2) is 24.6 Å². The fourth-order valence-electron chi connectivity index (χ4n) is 2.88. The van der Waals surface area contributed by atoms with Gasteiger partial charge >= 0.3 is 0 Å². The highest BCUT2D eigenvalue weighted by atomic mass is 16.5. The molecule has 3 N–H and O–H groups in total. The normalized spacial score (nSPS) is 17.1. The van der Waals surface area contributed by atoms with Crippen LogP contribution in [0.2, 0.25) is 0 Å². The van der Waals surface area contributed by atoms with Crippen LogP contribution < -0.4 is 11.1 Å². The summed E-state index contributed by atoms with van der Waals surface area (Å²) in [6.07, 6.45) is 6.85. The van der Waals surface area contributed by atoms with Gasteiger partial charge in [-0.2, -0.15) is 0 Å². The Balaban J connectivity index is 1.51. The highest BCUT2D eigenvalue weighted by molar-refractivity contribution is 5.86. The highest BCUT2D eigenvalue weighted by Gasteiger charge is 2.34. The Morgan fingerprint density at radius 3 is 2.59 bits per heavy atom. The Bertz CT molecular complexity index is 442. The molecular formula is C18H28N2O2. The number of nitrogens with two attached hydrogens (primary N) is 1. The first-order valence-corrected chi connectivity index (χ1v) is 8.40. The number of nitrogens with one attached hydrogen (secondary N) is 1. The van der Waals surface area contributed by atoms with Crippen LogP contribution in [-0.2, 0) is 16.1 Å². The van der Waals surface area contributed by atoms with Gasteiger partial charge in [0.25, 0.3) is 0 Å². The lowest BCUT2D eigenvalue weighted by Gasteiger charge is -2.31. The first kappa shape index (κ1) is 17.0. The molecular weight excluding hydrogens is 276 g/mol. The minimum Gasteiger partial charge on any atom is -0.377 e. The van der Waals surface area contributed by atoms with E-state index in [2.05, 4.69) is 17.4 Å². The van der Waals surface area contributed by atoms with Crippen molar-refractivity contribution in [2.24, 2.45) is 5.73 Å². The van der Waals surface area contributed by atoms with E-state index in [1.165, 1.54) is 12.0 Å². The maximum atomic E-state index is 12.1.